The van der Waals surface area contributed by atoms with E-state index >= 15 is 0 Å². The molecule has 0 atom stereocenters. The van der Waals surface area contributed by atoms with Crippen molar-refractivity contribution < 1.29 is 27.8 Å². The lowest BCUT2D eigenvalue weighted by atomic mass is 10.2. The van der Waals surface area contributed by atoms with Gasteiger partial charge in [-0.25, -0.2) is 9.18 Å². The predicted octanol–water partition coefficient (Wildman–Crippen LogP) is 5.21. The smallest absolute Gasteiger partial charge is 0.319 e. The van der Waals surface area contributed by atoms with Crippen LogP contribution in [0.5, 0.6) is 5.75 Å². The monoisotopic (exact) mass is 569 g/mol. The number of carbonyl (C=O) groups is 2. The van der Waals surface area contributed by atoms with Crippen LogP contribution in [-0.4, -0.2) is 54.7 Å². The van der Waals surface area contributed by atoms with E-state index in [0.29, 0.717) is 32.0 Å². The number of nitrogens with one attached hydrogen (secondary N) is 3. The van der Waals surface area contributed by atoms with Crippen molar-refractivity contribution in [2.75, 3.05) is 37.4 Å². The molecule has 210 valence electrons. The molecule has 0 radical (unpaired) electrons. The number of amides is 3. The number of rotatable bonds is 10. The number of ether oxygens (including phenoxy) is 2. The van der Waals surface area contributed by atoms with E-state index in [0.717, 1.165) is 39.5 Å². The van der Waals surface area contributed by atoms with E-state index in [-0.39, 0.29) is 23.4 Å². The van der Waals surface area contributed by atoms with E-state index in [9.17, 15) is 18.4 Å². The number of nitrogens with zero attached hydrogens (tertiary/aromatic N) is 2. The summed E-state index contributed by atoms with van der Waals surface area (Å²) < 4.78 is 40.5. The molecule has 1 aliphatic heterocycles. The Morgan fingerprint density at radius 3 is 2.73 bits per heavy atom. The molecule has 3 N–H and O–H groups in total. The molecule has 12 heteroatoms. The lowest BCUT2D eigenvalue weighted by Gasteiger charge is -2.20. The first-order valence-corrected chi connectivity index (χ1v) is 13.7. The summed E-state index contributed by atoms with van der Waals surface area (Å²) in [6, 6.07) is 7.81. The molecule has 1 saturated carbocycles. The van der Waals surface area contributed by atoms with Crippen molar-refractivity contribution in [1.29, 1.82) is 0 Å². The molecule has 3 aromatic rings. The zero-order valence-electron chi connectivity index (χ0n) is 22.1. The van der Waals surface area contributed by atoms with Crippen LogP contribution in [0.15, 0.2) is 42.6 Å². The Bertz CT molecular complexity index is 1440. The first-order chi connectivity index (χ1) is 19.3. The van der Waals surface area contributed by atoms with Crippen LogP contribution in [0.25, 0.3) is 16.3 Å². The average molecular weight is 570 g/mol. The fourth-order valence-corrected chi connectivity index (χ4v) is 5.19. The minimum atomic E-state index is -1.19. The molecule has 2 aromatic heterocycles. The summed E-state index contributed by atoms with van der Waals surface area (Å²) in [6.07, 6.45) is 5.24. The summed E-state index contributed by atoms with van der Waals surface area (Å²) in [7, 11) is 1.59. The van der Waals surface area contributed by atoms with Gasteiger partial charge in [0.15, 0.2) is 11.6 Å². The van der Waals surface area contributed by atoms with Crippen molar-refractivity contribution in [2.45, 2.75) is 32.4 Å². The fraction of sp³-hybridized carbons (Fsp3) is 0.321. The normalized spacial score (nSPS) is 14.1. The summed E-state index contributed by atoms with van der Waals surface area (Å²) in [6.45, 7) is 3.33. The summed E-state index contributed by atoms with van der Waals surface area (Å²) in [5.74, 6) is -2.32. The molecule has 1 fully saturated rings. The zero-order chi connectivity index (χ0) is 28.2. The second-order valence-corrected chi connectivity index (χ2v) is 10.6. The number of urea groups is 1. The summed E-state index contributed by atoms with van der Waals surface area (Å²) in [5, 5.41) is 8.28. The van der Waals surface area contributed by atoms with Crippen molar-refractivity contribution >= 4 is 40.4 Å². The van der Waals surface area contributed by atoms with Crippen LogP contribution in [0.2, 0.25) is 0 Å². The molecule has 40 heavy (non-hydrogen) atoms. The highest BCUT2D eigenvalue weighted by molar-refractivity contribution is 7.17. The number of hydrogen-bond acceptors (Lipinski definition) is 7. The molecule has 3 amide bonds. The highest BCUT2D eigenvalue weighted by Crippen LogP contribution is 2.41. The second kappa shape index (κ2) is 12.0. The minimum absolute atomic E-state index is 0.0428. The van der Waals surface area contributed by atoms with E-state index in [1.54, 1.807) is 24.3 Å². The number of pyridine rings is 1. The zero-order valence-corrected chi connectivity index (χ0v) is 22.9. The number of thiophene rings is 1. The SMILES string of the molecule is COCCN(Cc1ccc(-c2cc3c(s2)C(Oc2ccc(NC(=O)NC4CC4)c(F)c2F)=CCN3)nc1)C(C)=O. The molecule has 3 heterocycles. The molecule has 5 rings (SSSR count). The van der Waals surface area contributed by atoms with Crippen molar-refractivity contribution in [1.82, 2.24) is 15.2 Å². The van der Waals surface area contributed by atoms with Gasteiger partial charge in [-0.1, -0.05) is 6.07 Å². The number of hydrogen-bond donors (Lipinski definition) is 3. The Morgan fingerprint density at radius 2 is 2.02 bits per heavy atom. The van der Waals surface area contributed by atoms with Crippen LogP contribution in [0.1, 0.15) is 30.2 Å². The van der Waals surface area contributed by atoms with Gasteiger partial charge in [-0.05, 0) is 48.7 Å². The van der Waals surface area contributed by atoms with Crippen LogP contribution in [-0.2, 0) is 16.1 Å². The van der Waals surface area contributed by atoms with E-state index in [1.807, 2.05) is 18.2 Å². The van der Waals surface area contributed by atoms with Crippen molar-refractivity contribution in [3.63, 3.8) is 0 Å². The molecule has 0 saturated heterocycles. The molecule has 0 bridgehead atoms. The molecule has 9 nitrogen and oxygen atoms in total. The highest BCUT2D eigenvalue weighted by Gasteiger charge is 2.25. The third kappa shape index (κ3) is 6.40. The van der Waals surface area contributed by atoms with Gasteiger partial charge in [0, 0.05) is 45.9 Å². The van der Waals surface area contributed by atoms with Gasteiger partial charge in [-0.3, -0.25) is 9.78 Å². The lowest BCUT2D eigenvalue weighted by molar-refractivity contribution is -0.130. The predicted molar refractivity (Wildman–Crippen MR) is 149 cm³/mol. The first-order valence-electron chi connectivity index (χ1n) is 12.8. The largest absolute Gasteiger partial charge is 0.453 e. The number of halogens is 2. The molecular formula is C28H29F2N5O4S. The first kappa shape index (κ1) is 27.5. The van der Waals surface area contributed by atoms with E-state index < -0.39 is 17.7 Å². The van der Waals surface area contributed by atoms with Crippen LogP contribution < -0.4 is 20.7 Å². The lowest BCUT2D eigenvalue weighted by Crippen LogP contribution is -2.31. The number of fused-ring (bicyclic) bond motifs is 1. The Labute approximate surface area is 234 Å². The van der Waals surface area contributed by atoms with Gasteiger partial charge in [-0.2, -0.15) is 4.39 Å². The minimum Gasteiger partial charge on any atom is -0.453 e. The Morgan fingerprint density at radius 1 is 1.20 bits per heavy atom. The molecular weight excluding hydrogens is 540 g/mol. The molecule has 2 aliphatic rings. The maximum absolute atomic E-state index is 14.9. The molecule has 0 spiro atoms. The van der Waals surface area contributed by atoms with Crippen LogP contribution >= 0.6 is 11.3 Å². The Balaban J connectivity index is 1.29. The number of benzene rings is 1. The third-order valence-corrected chi connectivity index (χ3v) is 7.60. The van der Waals surface area contributed by atoms with Gasteiger partial charge in [-0.15, -0.1) is 11.3 Å². The topological polar surface area (TPSA) is 105 Å². The van der Waals surface area contributed by atoms with E-state index in [1.165, 1.54) is 30.4 Å². The van der Waals surface area contributed by atoms with Crippen molar-refractivity contribution in [3.8, 4) is 16.3 Å². The Hall–Kier alpha value is -4.03. The van der Waals surface area contributed by atoms with Crippen LogP contribution in [0, 0.1) is 11.6 Å². The average Bonchev–Trinajstić information content (AvgIpc) is 3.64. The van der Waals surface area contributed by atoms with E-state index in [4.69, 9.17) is 9.47 Å². The van der Waals surface area contributed by atoms with Crippen LogP contribution in [0.4, 0.5) is 25.0 Å². The Kier molecular flexibility index (Phi) is 8.27. The molecule has 0 unspecified atom stereocenters. The maximum Gasteiger partial charge on any atom is 0.319 e. The number of carbonyl (C=O) groups excluding carboxylic acids is 2. The summed E-state index contributed by atoms with van der Waals surface area (Å²) in [4.78, 5) is 31.7. The third-order valence-electron chi connectivity index (χ3n) is 6.42. The van der Waals surface area contributed by atoms with Gasteiger partial charge in [0.25, 0.3) is 0 Å². The van der Waals surface area contributed by atoms with Gasteiger partial charge in [0.1, 0.15) is 5.76 Å². The van der Waals surface area contributed by atoms with Crippen molar-refractivity contribution in [3.05, 3.63) is 64.7 Å². The van der Waals surface area contributed by atoms with Crippen molar-refractivity contribution in [2.24, 2.45) is 0 Å². The number of anilines is 2. The van der Waals surface area contributed by atoms with E-state index in [2.05, 4.69) is 20.9 Å². The fourth-order valence-electron chi connectivity index (χ4n) is 4.10. The van der Waals surface area contributed by atoms with Crippen LogP contribution in [0.3, 0.4) is 0 Å². The molecule has 1 aromatic carbocycles. The second-order valence-electron chi connectivity index (χ2n) is 9.50. The number of methoxy groups -OCH3 is 1. The highest BCUT2D eigenvalue weighted by atomic mass is 32.1. The van der Waals surface area contributed by atoms with Gasteiger partial charge in [0.05, 0.1) is 33.4 Å². The number of aromatic nitrogens is 1. The summed E-state index contributed by atoms with van der Waals surface area (Å²) in [5.41, 5.74) is 2.15. The summed E-state index contributed by atoms with van der Waals surface area (Å²) >= 11 is 1.40. The maximum atomic E-state index is 14.9. The molecule has 1 aliphatic carbocycles. The van der Waals surface area contributed by atoms with Gasteiger partial charge >= 0.3 is 6.03 Å². The quantitative estimate of drug-likeness (QED) is 0.310. The standard InChI is InChI=1S/C28H29F2N5O4S/c1-16(36)35(11-12-38-2)15-17-3-6-19(32-14-17)24-13-21-27(40-24)23(9-10-31-21)39-22-8-7-20(25(29)26(22)30)34-28(37)33-18-4-5-18/h3,6-9,13-14,18,31H,4-5,10-12,15H2,1-2H3,(H2,33,34,37). The van der Waals surface area contributed by atoms with Gasteiger partial charge in [0.2, 0.25) is 11.7 Å². The van der Waals surface area contributed by atoms with Gasteiger partial charge < -0.3 is 30.3 Å².